The number of hydroxylamine groups is 1. The van der Waals surface area contributed by atoms with Crippen molar-refractivity contribution in [3.05, 3.63) is 113 Å². The van der Waals surface area contributed by atoms with Crippen LogP contribution in [0.15, 0.2) is 91.0 Å². The highest BCUT2D eigenvalue weighted by atomic mass is 16.5. The Balaban J connectivity index is 1.70. The molecule has 3 aromatic rings. The first-order valence-corrected chi connectivity index (χ1v) is 9.49. The van der Waals surface area contributed by atoms with E-state index in [4.69, 9.17) is 4.74 Å². The lowest BCUT2D eigenvalue weighted by Gasteiger charge is -2.25. The van der Waals surface area contributed by atoms with Crippen LogP contribution in [0.3, 0.4) is 0 Å². The fraction of sp³-hybridized carbons (Fsp3) is 0.208. The summed E-state index contributed by atoms with van der Waals surface area (Å²) in [6.07, 6.45) is 0.405. The highest BCUT2D eigenvalue weighted by Crippen LogP contribution is 2.40. The largest absolute Gasteiger partial charge is 0.623 e. The number of ether oxygens (including phenoxy) is 1. The summed E-state index contributed by atoms with van der Waals surface area (Å²) in [5.74, 6) is -0.343. The minimum atomic E-state index is -0.777. The van der Waals surface area contributed by atoms with Crippen LogP contribution >= 0.6 is 0 Å². The van der Waals surface area contributed by atoms with Crippen molar-refractivity contribution in [2.75, 3.05) is 6.61 Å². The summed E-state index contributed by atoms with van der Waals surface area (Å²) in [5.41, 5.74) is 2.56. The lowest BCUT2D eigenvalue weighted by Crippen LogP contribution is -2.35. The van der Waals surface area contributed by atoms with E-state index in [2.05, 4.69) is 0 Å². The minimum absolute atomic E-state index is 0.321. The van der Waals surface area contributed by atoms with E-state index in [9.17, 15) is 10.3 Å². The normalized spacial score (nSPS) is 23.5. The first-order valence-electron chi connectivity index (χ1n) is 9.49. The van der Waals surface area contributed by atoms with Gasteiger partial charge in [0.2, 0.25) is 6.04 Å². The van der Waals surface area contributed by atoms with E-state index in [0.29, 0.717) is 6.61 Å². The molecule has 0 aliphatic carbocycles. The molecule has 1 N–H and O–H groups in total. The molecule has 4 rings (SSSR count). The number of hydrogen-bond acceptors (Lipinski definition) is 3. The average Bonchev–Trinajstić information content (AvgIpc) is 3.20. The molecule has 0 spiro atoms. The summed E-state index contributed by atoms with van der Waals surface area (Å²) >= 11 is 0. The van der Waals surface area contributed by atoms with Gasteiger partial charge in [0.05, 0.1) is 18.6 Å². The number of aliphatic hydroxyl groups excluding tert-OH is 1. The summed E-state index contributed by atoms with van der Waals surface area (Å²) in [6.45, 7) is 0.321. The Morgan fingerprint density at radius 2 is 1.46 bits per heavy atom. The Kier molecular flexibility index (Phi) is 5.51. The van der Waals surface area contributed by atoms with Gasteiger partial charge in [-0.15, -0.1) is 0 Å². The number of nitrogens with zero attached hydrogens (tertiary/aromatic N) is 1. The molecule has 1 aliphatic heterocycles. The third-order valence-corrected chi connectivity index (χ3v) is 5.26. The molecule has 0 unspecified atom stereocenters. The number of benzene rings is 3. The van der Waals surface area contributed by atoms with Crippen LogP contribution in [0.4, 0.5) is 0 Å². The standard InChI is InChI=1S/C24H23NO3/c26-23(19-12-6-2-7-13-19)21-17-28-24(20-14-8-3-9-15-20)22(21)25(27)16-18-10-4-1-5-11-18/h1-16,21-24,26H,17H2/b25-16-/t21-,22-,23+,24+/m1/s1. The smallest absolute Gasteiger partial charge is 0.201 e. The van der Waals surface area contributed by atoms with E-state index < -0.39 is 18.2 Å². The van der Waals surface area contributed by atoms with Crippen LogP contribution in [0.25, 0.3) is 0 Å². The molecule has 0 aromatic heterocycles. The van der Waals surface area contributed by atoms with Gasteiger partial charge in [0, 0.05) is 5.56 Å². The second-order valence-corrected chi connectivity index (χ2v) is 7.07. The predicted octanol–water partition coefficient (Wildman–Crippen LogP) is 4.11. The second kappa shape index (κ2) is 8.38. The molecule has 142 valence electrons. The van der Waals surface area contributed by atoms with Crippen molar-refractivity contribution in [3.63, 3.8) is 0 Å². The van der Waals surface area contributed by atoms with Crippen LogP contribution in [0, 0.1) is 11.1 Å². The van der Waals surface area contributed by atoms with E-state index >= 15 is 0 Å². The summed E-state index contributed by atoms with van der Waals surface area (Å²) < 4.78 is 7.00. The van der Waals surface area contributed by atoms with Gasteiger partial charge in [-0.2, -0.15) is 0 Å². The molecule has 1 heterocycles. The zero-order valence-electron chi connectivity index (χ0n) is 15.5. The molecule has 0 amide bonds. The van der Waals surface area contributed by atoms with E-state index in [1.165, 1.54) is 0 Å². The molecule has 4 nitrogen and oxygen atoms in total. The maximum atomic E-state index is 13.2. The van der Waals surface area contributed by atoms with Gasteiger partial charge in [-0.25, -0.2) is 4.74 Å². The Hall–Kier alpha value is -2.95. The van der Waals surface area contributed by atoms with Crippen LogP contribution in [-0.4, -0.2) is 28.7 Å². The predicted molar refractivity (Wildman–Crippen MR) is 109 cm³/mol. The minimum Gasteiger partial charge on any atom is -0.623 e. The third-order valence-electron chi connectivity index (χ3n) is 5.26. The Morgan fingerprint density at radius 1 is 0.893 bits per heavy atom. The van der Waals surface area contributed by atoms with Crippen molar-refractivity contribution in [1.29, 1.82) is 0 Å². The molecule has 28 heavy (non-hydrogen) atoms. The fourth-order valence-corrected chi connectivity index (χ4v) is 3.84. The van der Waals surface area contributed by atoms with Crippen molar-refractivity contribution >= 4 is 6.21 Å². The van der Waals surface area contributed by atoms with Crippen LogP contribution in [0.2, 0.25) is 0 Å². The molecule has 4 atom stereocenters. The SMILES string of the molecule is [O-]/[N+](=C\c1ccccc1)[C@@H]1[C@H]([C@@H](O)c2ccccc2)CO[C@H]1c1ccccc1. The van der Waals surface area contributed by atoms with Crippen molar-refractivity contribution in [2.24, 2.45) is 5.92 Å². The molecule has 1 aliphatic rings. The van der Waals surface area contributed by atoms with Gasteiger partial charge in [-0.05, 0) is 23.3 Å². The molecular formula is C24H23NO3. The van der Waals surface area contributed by atoms with Crippen molar-refractivity contribution < 1.29 is 14.6 Å². The van der Waals surface area contributed by atoms with Crippen LogP contribution in [-0.2, 0) is 4.74 Å². The molecule has 4 heteroatoms. The zero-order valence-corrected chi connectivity index (χ0v) is 15.5. The van der Waals surface area contributed by atoms with Crippen LogP contribution < -0.4 is 0 Å². The van der Waals surface area contributed by atoms with Gasteiger partial charge in [-0.1, -0.05) is 78.9 Å². The topological polar surface area (TPSA) is 55.5 Å². The van der Waals surface area contributed by atoms with Crippen molar-refractivity contribution in [2.45, 2.75) is 18.2 Å². The Morgan fingerprint density at radius 3 is 2.11 bits per heavy atom. The summed E-state index contributed by atoms with van der Waals surface area (Å²) in [4.78, 5) is 0. The van der Waals surface area contributed by atoms with Gasteiger partial charge in [0.15, 0.2) is 6.21 Å². The van der Waals surface area contributed by atoms with Gasteiger partial charge in [0.25, 0.3) is 0 Å². The maximum Gasteiger partial charge on any atom is 0.201 e. The molecule has 0 radical (unpaired) electrons. The lowest BCUT2D eigenvalue weighted by molar-refractivity contribution is -0.513. The van der Waals surface area contributed by atoms with Gasteiger partial charge in [-0.3, -0.25) is 0 Å². The maximum absolute atomic E-state index is 13.2. The molecule has 1 saturated heterocycles. The number of hydrogen-bond donors (Lipinski definition) is 1. The van der Waals surface area contributed by atoms with Gasteiger partial charge in [0.1, 0.15) is 6.10 Å². The van der Waals surface area contributed by atoms with Crippen molar-refractivity contribution in [1.82, 2.24) is 0 Å². The average molecular weight is 373 g/mol. The first-order chi connectivity index (χ1) is 13.7. The van der Waals surface area contributed by atoms with E-state index in [0.717, 1.165) is 21.4 Å². The first kappa shape index (κ1) is 18.4. The monoisotopic (exact) mass is 373 g/mol. The van der Waals surface area contributed by atoms with Gasteiger partial charge >= 0.3 is 0 Å². The molecular weight excluding hydrogens is 350 g/mol. The quantitative estimate of drug-likeness (QED) is 0.317. The highest BCUT2D eigenvalue weighted by Gasteiger charge is 2.47. The Bertz CT molecular complexity index is 912. The van der Waals surface area contributed by atoms with Crippen LogP contribution in [0.1, 0.15) is 28.9 Å². The van der Waals surface area contributed by atoms with Gasteiger partial charge < -0.3 is 15.1 Å². The lowest BCUT2D eigenvalue weighted by atomic mass is 9.87. The van der Waals surface area contributed by atoms with Crippen LogP contribution in [0.5, 0.6) is 0 Å². The summed E-state index contributed by atoms with van der Waals surface area (Å²) in [6, 6.07) is 28.2. The molecule has 3 aromatic carbocycles. The molecule has 0 bridgehead atoms. The van der Waals surface area contributed by atoms with Crippen molar-refractivity contribution in [3.8, 4) is 0 Å². The number of rotatable bonds is 5. The number of aliphatic hydroxyl groups is 1. The second-order valence-electron chi connectivity index (χ2n) is 7.07. The summed E-state index contributed by atoms with van der Waals surface area (Å²) in [5, 5.41) is 24.2. The third kappa shape index (κ3) is 3.84. The fourth-order valence-electron chi connectivity index (χ4n) is 3.84. The zero-order chi connectivity index (χ0) is 19.3. The highest BCUT2D eigenvalue weighted by molar-refractivity contribution is 5.75. The molecule has 1 fully saturated rings. The summed E-state index contributed by atoms with van der Waals surface area (Å²) in [7, 11) is 0. The van der Waals surface area contributed by atoms with E-state index in [1.807, 2.05) is 91.0 Å². The van der Waals surface area contributed by atoms with E-state index in [1.54, 1.807) is 6.21 Å². The molecule has 0 saturated carbocycles. The Labute approximate surface area is 164 Å². The van der Waals surface area contributed by atoms with E-state index in [-0.39, 0.29) is 5.92 Å².